The number of rotatable bonds is 2. The van der Waals surface area contributed by atoms with Crippen LogP contribution in [0.5, 0.6) is 0 Å². The summed E-state index contributed by atoms with van der Waals surface area (Å²) < 4.78 is 10.3. The third-order valence-electron chi connectivity index (χ3n) is 2.89. The summed E-state index contributed by atoms with van der Waals surface area (Å²) in [5, 5.41) is 3.09. The van der Waals surface area contributed by atoms with E-state index in [1.54, 1.807) is 0 Å². The van der Waals surface area contributed by atoms with Crippen molar-refractivity contribution in [1.82, 2.24) is 5.32 Å². The first-order valence-electron chi connectivity index (χ1n) is 5.62. The van der Waals surface area contributed by atoms with Gasteiger partial charge in [-0.3, -0.25) is 0 Å². The molecule has 0 radical (unpaired) electrons. The average Bonchev–Trinajstić information content (AvgIpc) is 2.80. The number of aryl methyl sites for hydroxylation is 1. The Kier molecular flexibility index (Phi) is 2.43. The Morgan fingerprint density at radius 1 is 1.39 bits per heavy atom. The summed E-state index contributed by atoms with van der Waals surface area (Å²) >= 11 is 0. The Bertz CT molecular complexity index is 649. The third kappa shape index (κ3) is 1.90. The van der Waals surface area contributed by atoms with Gasteiger partial charge in [0, 0.05) is 0 Å². The molecule has 2 heterocycles. The van der Waals surface area contributed by atoms with Crippen molar-refractivity contribution in [1.29, 1.82) is 0 Å². The standard InChI is InChI=1S/C12H10BNO4/c1-6-13-8-4-7(2-3-9(8)17-6)5-10-11(15)14-12(16)18-10/h2-4,10H,5H2,1H3,(H,14,15,16). The third-order valence-corrected chi connectivity index (χ3v) is 2.89. The number of cyclic esters (lactones) is 1. The number of benzene rings is 1. The van der Waals surface area contributed by atoms with E-state index in [4.69, 9.17) is 9.15 Å². The molecule has 0 spiro atoms. The molecule has 6 heteroatoms. The minimum atomic E-state index is -0.733. The molecule has 18 heavy (non-hydrogen) atoms. The molecule has 1 unspecified atom stereocenters. The fourth-order valence-electron chi connectivity index (χ4n) is 2.09. The number of hydrogen-bond acceptors (Lipinski definition) is 4. The van der Waals surface area contributed by atoms with E-state index >= 15 is 0 Å². The molecule has 0 aliphatic carbocycles. The monoisotopic (exact) mass is 243 g/mol. The Morgan fingerprint density at radius 2 is 2.22 bits per heavy atom. The number of imide groups is 1. The molecule has 3 rings (SSSR count). The molecule has 0 bridgehead atoms. The molecule has 1 fully saturated rings. The molecule has 1 aromatic carbocycles. The second kappa shape index (κ2) is 3.98. The number of carbonyl (C=O) groups is 2. The number of nitrogens with one attached hydrogen (secondary N) is 1. The van der Waals surface area contributed by atoms with Gasteiger partial charge in [-0.25, -0.2) is 0 Å². The first-order valence-corrected chi connectivity index (χ1v) is 5.62. The summed E-state index contributed by atoms with van der Waals surface area (Å²) in [4.78, 5) is 22.3. The van der Waals surface area contributed by atoms with Crippen LogP contribution in [0.25, 0.3) is 10.9 Å². The zero-order chi connectivity index (χ0) is 12.7. The van der Waals surface area contributed by atoms with Crippen molar-refractivity contribution in [2.75, 3.05) is 0 Å². The predicted octanol–water partition coefficient (Wildman–Crippen LogP) is 1.26. The molecule has 2 amide bonds. The Labute approximate surface area is 103 Å². The molecule has 1 aliphatic heterocycles. The Balaban J connectivity index is 1.86. The van der Waals surface area contributed by atoms with E-state index in [1.165, 1.54) is 0 Å². The van der Waals surface area contributed by atoms with Gasteiger partial charge in [0.05, 0.1) is 0 Å². The van der Waals surface area contributed by atoms with E-state index in [1.807, 2.05) is 32.0 Å². The van der Waals surface area contributed by atoms with E-state index in [-0.39, 0.29) is 5.91 Å². The summed E-state index contributed by atoms with van der Waals surface area (Å²) in [5.74, 6) is -0.386. The van der Waals surface area contributed by atoms with Crippen LogP contribution >= 0.6 is 0 Å². The number of amides is 2. The van der Waals surface area contributed by atoms with Gasteiger partial charge in [-0.15, -0.1) is 0 Å². The van der Waals surface area contributed by atoms with Gasteiger partial charge in [-0.05, 0) is 0 Å². The zero-order valence-corrected chi connectivity index (χ0v) is 9.73. The van der Waals surface area contributed by atoms with Crippen molar-refractivity contribution in [2.24, 2.45) is 0 Å². The van der Waals surface area contributed by atoms with Crippen LogP contribution in [-0.2, 0) is 16.0 Å². The molecule has 1 aromatic heterocycles. The number of ether oxygens (including phenoxy) is 1. The van der Waals surface area contributed by atoms with Crippen molar-refractivity contribution < 1.29 is 18.7 Å². The van der Waals surface area contributed by atoms with Gasteiger partial charge in [0.1, 0.15) is 0 Å². The van der Waals surface area contributed by atoms with E-state index < -0.39 is 12.2 Å². The summed E-state index contributed by atoms with van der Waals surface area (Å²) in [6, 6.07) is 5.66. The molecule has 0 saturated carbocycles. The quantitative estimate of drug-likeness (QED) is 0.861. The molecule has 1 saturated heterocycles. The van der Waals surface area contributed by atoms with Gasteiger partial charge in [0.2, 0.25) is 0 Å². The van der Waals surface area contributed by atoms with Crippen LogP contribution in [0.2, 0.25) is 0 Å². The fraction of sp³-hybridized carbons (Fsp3) is 0.250. The van der Waals surface area contributed by atoms with E-state index in [0.29, 0.717) is 6.42 Å². The second-order valence-corrected chi connectivity index (χ2v) is 4.32. The number of fused-ring (bicyclic) bond motifs is 1. The summed E-state index contributed by atoms with van der Waals surface area (Å²) in [5.41, 5.74) is 2.58. The van der Waals surface area contributed by atoms with Crippen molar-refractivity contribution in [3.05, 3.63) is 29.4 Å². The van der Waals surface area contributed by atoms with Gasteiger partial charge in [0.25, 0.3) is 0 Å². The molecule has 2 aromatic rings. The Hall–Kier alpha value is -2.11. The summed E-state index contributed by atoms with van der Waals surface area (Å²) in [6.45, 7) is 3.81. The van der Waals surface area contributed by atoms with Crippen molar-refractivity contribution in [2.45, 2.75) is 19.4 Å². The SMILES string of the molecule is Cc1bc2cc(CC3OC(=O)NC3=O)ccc2o1. The zero-order valence-electron chi connectivity index (χ0n) is 9.73. The van der Waals surface area contributed by atoms with Crippen LogP contribution in [-0.4, -0.2) is 25.0 Å². The molecular weight excluding hydrogens is 233 g/mol. The number of alkyl carbamates (subject to hydrolysis) is 1. The van der Waals surface area contributed by atoms with Crippen LogP contribution in [0, 0.1) is 6.92 Å². The van der Waals surface area contributed by atoms with E-state index in [9.17, 15) is 9.59 Å². The van der Waals surface area contributed by atoms with Crippen molar-refractivity contribution >= 4 is 29.8 Å². The van der Waals surface area contributed by atoms with Crippen LogP contribution in [0.15, 0.2) is 22.6 Å². The maximum atomic E-state index is 11.4. The first kappa shape index (κ1) is 11.0. The normalized spacial score (nSPS) is 18.8. The van der Waals surface area contributed by atoms with Crippen LogP contribution < -0.4 is 5.32 Å². The van der Waals surface area contributed by atoms with Gasteiger partial charge in [-0.2, -0.15) is 0 Å². The number of carbonyl (C=O) groups excluding carboxylic acids is 2. The van der Waals surface area contributed by atoms with E-state index in [2.05, 4.69) is 5.32 Å². The molecule has 1 N–H and O–H groups in total. The van der Waals surface area contributed by atoms with Crippen molar-refractivity contribution in [3.8, 4) is 0 Å². The van der Waals surface area contributed by atoms with E-state index in [0.717, 1.165) is 22.1 Å². The molecule has 1 aliphatic rings. The summed E-state index contributed by atoms with van der Waals surface area (Å²) in [7, 11) is 0. The predicted molar refractivity (Wildman–Crippen MR) is 64.4 cm³/mol. The van der Waals surface area contributed by atoms with Crippen LogP contribution in [0.4, 0.5) is 4.79 Å². The van der Waals surface area contributed by atoms with Gasteiger partial charge in [-0.1, -0.05) is 0 Å². The van der Waals surface area contributed by atoms with Gasteiger partial charge < -0.3 is 0 Å². The van der Waals surface area contributed by atoms with Gasteiger partial charge in [0.15, 0.2) is 0 Å². The Morgan fingerprint density at radius 3 is 2.94 bits per heavy atom. The molecule has 1 atom stereocenters. The summed E-state index contributed by atoms with van der Waals surface area (Å²) in [6.07, 6.45) is -1.04. The molecular formula is C12H10BNO4. The molecule has 5 nitrogen and oxygen atoms in total. The first-order chi connectivity index (χ1) is 8.61. The maximum absolute atomic E-state index is 11.4. The molecule has 90 valence electrons. The van der Waals surface area contributed by atoms with Crippen molar-refractivity contribution in [3.63, 3.8) is 0 Å². The number of hydrogen-bond donors (Lipinski definition) is 1. The second-order valence-electron chi connectivity index (χ2n) is 4.32. The van der Waals surface area contributed by atoms with Gasteiger partial charge >= 0.3 is 103 Å². The van der Waals surface area contributed by atoms with Crippen LogP contribution in [0.1, 0.15) is 11.2 Å². The minimum absolute atomic E-state index is 0.373. The van der Waals surface area contributed by atoms with Crippen LogP contribution in [0.3, 0.4) is 0 Å². The topological polar surface area (TPSA) is 68.5 Å². The average molecular weight is 243 g/mol. The fourth-order valence-corrected chi connectivity index (χ4v) is 2.09.